The number of aliphatic imine (C=N–C) groups is 1. The summed E-state index contributed by atoms with van der Waals surface area (Å²) in [5, 5.41) is 10.7. The normalized spacial score (nSPS) is 12.6. The van der Waals surface area contributed by atoms with Crippen molar-refractivity contribution < 1.29 is 0 Å². The van der Waals surface area contributed by atoms with Crippen LogP contribution in [0.15, 0.2) is 35.5 Å². The molecule has 0 fully saturated rings. The van der Waals surface area contributed by atoms with Crippen LogP contribution in [0.2, 0.25) is 0 Å². The van der Waals surface area contributed by atoms with Crippen LogP contribution < -0.4 is 11.1 Å². The highest BCUT2D eigenvalue weighted by Crippen LogP contribution is 2.20. The van der Waals surface area contributed by atoms with Gasteiger partial charge < -0.3 is 11.1 Å². The maximum absolute atomic E-state index is 5.89. The van der Waals surface area contributed by atoms with Gasteiger partial charge in [-0.2, -0.15) is 0 Å². The molecule has 120 valence electrons. The molecule has 1 aromatic heterocycles. The van der Waals surface area contributed by atoms with E-state index in [0.717, 1.165) is 17.8 Å². The zero-order chi connectivity index (χ0) is 15.2. The van der Waals surface area contributed by atoms with E-state index in [2.05, 4.69) is 46.6 Å². The molecule has 7 heteroatoms. The molecule has 1 heterocycles. The van der Waals surface area contributed by atoms with Crippen LogP contribution in [-0.4, -0.2) is 21.0 Å². The first-order chi connectivity index (χ1) is 10.1. The van der Waals surface area contributed by atoms with E-state index in [4.69, 9.17) is 5.73 Å². The van der Waals surface area contributed by atoms with Crippen LogP contribution in [-0.2, 0) is 13.6 Å². The lowest BCUT2D eigenvalue weighted by atomic mass is 9.99. The van der Waals surface area contributed by atoms with Crippen molar-refractivity contribution in [2.45, 2.75) is 32.7 Å². The molecule has 0 aliphatic heterocycles. The maximum Gasteiger partial charge on any atom is 0.193 e. The van der Waals surface area contributed by atoms with Crippen LogP contribution >= 0.6 is 24.0 Å². The zero-order valence-corrected chi connectivity index (χ0v) is 15.5. The fourth-order valence-electron chi connectivity index (χ4n) is 1.94. The molecule has 1 unspecified atom stereocenters. The molecule has 22 heavy (non-hydrogen) atoms. The largest absolute Gasteiger partial charge is 0.370 e. The number of nitrogens with one attached hydrogen (secondary N) is 1. The number of nitrogens with zero attached hydrogens (tertiary/aromatic N) is 4. The first-order valence-electron chi connectivity index (χ1n) is 7.10. The van der Waals surface area contributed by atoms with Crippen molar-refractivity contribution in [2.75, 3.05) is 5.32 Å². The monoisotopic (exact) mass is 414 g/mol. The van der Waals surface area contributed by atoms with E-state index in [9.17, 15) is 0 Å². The summed E-state index contributed by atoms with van der Waals surface area (Å²) in [5.41, 5.74) is 9.06. The second-order valence-corrected chi connectivity index (χ2v) is 5.11. The zero-order valence-electron chi connectivity index (χ0n) is 13.2. The predicted molar refractivity (Wildman–Crippen MR) is 101 cm³/mol. The van der Waals surface area contributed by atoms with Gasteiger partial charge in [-0.15, -0.1) is 29.1 Å². The van der Waals surface area contributed by atoms with E-state index in [1.54, 1.807) is 10.9 Å². The summed E-state index contributed by atoms with van der Waals surface area (Å²) in [6, 6.07) is 8.29. The van der Waals surface area contributed by atoms with Gasteiger partial charge in [-0.05, 0) is 30.0 Å². The Morgan fingerprint density at radius 3 is 2.59 bits per heavy atom. The summed E-state index contributed by atoms with van der Waals surface area (Å²) in [4.78, 5) is 4.28. The van der Waals surface area contributed by atoms with Crippen molar-refractivity contribution in [1.29, 1.82) is 0 Å². The molecule has 0 aliphatic rings. The van der Waals surface area contributed by atoms with Gasteiger partial charge in [-0.1, -0.05) is 31.2 Å². The summed E-state index contributed by atoms with van der Waals surface area (Å²) >= 11 is 0. The number of anilines is 1. The molecule has 0 saturated carbocycles. The topological polar surface area (TPSA) is 81.1 Å². The fraction of sp³-hybridized carbons (Fsp3) is 0.400. The molecule has 6 nitrogen and oxygen atoms in total. The summed E-state index contributed by atoms with van der Waals surface area (Å²) in [6.07, 6.45) is 2.81. The van der Waals surface area contributed by atoms with Crippen LogP contribution in [0.25, 0.3) is 0 Å². The third-order valence-corrected chi connectivity index (χ3v) is 3.58. The van der Waals surface area contributed by atoms with Gasteiger partial charge in [0.2, 0.25) is 0 Å². The number of benzene rings is 1. The minimum absolute atomic E-state index is 0. The standard InChI is InChI=1S/C15H22N6.HI/c1-4-11(2)12-5-7-13(8-6-12)19-15(16)17-9-14-10-18-20-21(14)3;/h5-8,10-11H,4,9H2,1-3H3,(H3,16,17,19);1H. The van der Waals surface area contributed by atoms with Crippen LogP contribution in [0.3, 0.4) is 0 Å². The van der Waals surface area contributed by atoms with Gasteiger partial charge >= 0.3 is 0 Å². The molecule has 3 N–H and O–H groups in total. The van der Waals surface area contributed by atoms with E-state index in [1.165, 1.54) is 5.56 Å². The lowest BCUT2D eigenvalue weighted by molar-refractivity contribution is 0.678. The number of rotatable bonds is 5. The lowest BCUT2D eigenvalue weighted by Gasteiger charge is -2.10. The van der Waals surface area contributed by atoms with Gasteiger partial charge in [0.15, 0.2) is 5.96 Å². The quantitative estimate of drug-likeness (QED) is 0.448. The molecule has 0 amide bonds. The second-order valence-electron chi connectivity index (χ2n) is 5.11. The molecule has 2 aromatic rings. The number of hydrogen-bond donors (Lipinski definition) is 2. The van der Waals surface area contributed by atoms with Crippen molar-refractivity contribution in [1.82, 2.24) is 15.0 Å². The van der Waals surface area contributed by atoms with Gasteiger partial charge in [0, 0.05) is 12.7 Å². The van der Waals surface area contributed by atoms with Gasteiger partial charge in [0.25, 0.3) is 0 Å². The summed E-state index contributed by atoms with van der Waals surface area (Å²) in [6.45, 7) is 4.86. The molecule has 0 aliphatic carbocycles. The molecule has 1 aromatic carbocycles. The smallest absolute Gasteiger partial charge is 0.193 e. The average molecular weight is 414 g/mol. The number of guanidine groups is 1. The van der Waals surface area contributed by atoms with E-state index in [-0.39, 0.29) is 24.0 Å². The van der Waals surface area contributed by atoms with Gasteiger partial charge in [-0.25, -0.2) is 4.99 Å². The molecule has 0 spiro atoms. The second kappa shape index (κ2) is 8.72. The van der Waals surface area contributed by atoms with Crippen molar-refractivity contribution in [2.24, 2.45) is 17.8 Å². The number of aromatic nitrogens is 3. The number of aryl methyl sites for hydroxylation is 1. The van der Waals surface area contributed by atoms with Gasteiger partial charge in [0.05, 0.1) is 18.4 Å². The summed E-state index contributed by atoms with van der Waals surface area (Å²) < 4.78 is 1.68. The first kappa shape index (κ1) is 18.4. The summed E-state index contributed by atoms with van der Waals surface area (Å²) in [7, 11) is 1.83. The Kier molecular flexibility index (Phi) is 7.30. The highest BCUT2D eigenvalue weighted by molar-refractivity contribution is 14.0. The van der Waals surface area contributed by atoms with Crippen molar-refractivity contribution in [3.05, 3.63) is 41.7 Å². The number of nitrogens with two attached hydrogens (primary N) is 1. The highest BCUT2D eigenvalue weighted by Gasteiger charge is 2.03. The Bertz CT molecular complexity index is 605. The Balaban J connectivity index is 0.00000242. The van der Waals surface area contributed by atoms with Gasteiger partial charge in [-0.3, -0.25) is 4.68 Å². The third-order valence-electron chi connectivity index (χ3n) is 3.58. The third kappa shape index (κ3) is 4.97. The van der Waals surface area contributed by atoms with E-state index in [1.807, 2.05) is 19.2 Å². The Morgan fingerprint density at radius 2 is 2.05 bits per heavy atom. The molecule has 0 bridgehead atoms. The fourth-order valence-corrected chi connectivity index (χ4v) is 1.94. The van der Waals surface area contributed by atoms with Crippen LogP contribution in [0.4, 0.5) is 5.69 Å². The first-order valence-corrected chi connectivity index (χ1v) is 7.10. The molecule has 0 saturated heterocycles. The SMILES string of the molecule is CCC(C)c1ccc(NC(N)=NCc2cnnn2C)cc1.I. The number of halogens is 1. The Labute approximate surface area is 148 Å². The van der Waals surface area contributed by atoms with Gasteiger partial charge in [0.1, 0.15) is 0 Å². The highest BCUT2D eigenvalue weighted by atomic mass is 127. The van der Waals surface area contributed by atoms with Crippen molar-refractivity contribution in [3.63, 3.8) is 0 Å². The minimum Gasteiger partial charge on any atom is -0.370 e. The van der Waals surface area contributed by atoms with E-state index in [0.29, 0.717) is 18.4 Å². The summed E-state index contributed by atoms with van der Waals surface area (Å²) in [5.74, 6) is 0.954. The Hall–Kier alpha value is -1.64. The average Bonchev–Trinajstić information content (AvgIpc) is 2.90. The Morgan fingerprint density at radius 1 is 1.36 bits per heavy atom. The van der Waals surface area contributed by atoms with E-state index >= 15 is 0 Å². The van der Waals surface area contributed by atoms with Crippen LogP contribution in [0, 0.1) is 0 Å². The minimum atomic E-state index is 0. The van der Waals surface area contributed by atoms with Crippen LogP contribution in [0.5, 0.6) is 0 Å². The predicted octanol–water partition coefficient (Wildman–Crippen LogP) is 2.87. The number of hydrogen-bond acceptors (Lipinski definition) is 3. The molecule has 2 rings (SSSR count). The van der Waals surface area contributed by atoms with E-state index < -0.39 is 0 Å². The molecular weight excluding hydrogens is 391 g/mol. The van der Waals surface area contributed by atoms with Crippen LogP contribution in [0.1, 0.15) is 37.4 Å². The maximum atomic E-state index is 5.89. The van der Waals surface area contributed by atoms with Crippen molar-refractivity contribution in [3.8, 4) is 0 Å². The molecule has 0 radical (unpaired) electrons. The molecule has 1 atom stereocenters. The van der Waals surface area contributed by atoms with Crippen molar-refractivity contribution >= 4 is 35.6 Å². The lowest BCUT2D eigenvalue weighted by Crippen LogP contribution is -2.22. The molecular formula is C15H23IN6.